The summed E-state index contributed by atoms with van der Waals surface area (Å²) in [6.45, 7) is 4.84. The normalized spacial score (nSPS) is 17.5. The van der Waals surface area contributed by atoms with Gasteiger partial charge in [-0.1, -0.05) is 24.3 Å². The first kappa shape index (κ1) is 22.3. The Morgan fingerprint density at radius 1 is 1.17 bits per heavy atom. The van der Waals surface area contributed by atoms with Crippen molar-refractivity contribution in [2.24, 2.45) is 5.92 Å². The van der Waals surface area contributed by atoms with E-state index in [-0.39, 0.29) is 18.4 Å². The molecule has 3 rings (SSSR count). The molecule has 2 aromatic carbocycles. The van der Waals surface area contributed by atoms with E-state index in [1.54, 1.807) is 25.1 Å². The number of aryl methyl sites for hydroxylation is 2. The summed E-state index contributed by atoms with van der Waals surface area (Å²) in [6, 6.07) is 13.1. The third-order valence-electron chi connectivity index (χ3n) is 5.65. The fourth-order valence-electron chi connectivity index (χ4n) is 3.88. The maximum Gasteiger partial charge on any atom is 0.243 e. The average Bonchev–Trinajstić information content (AvgIpc) is 2.75. The summed E-state index contributed by atoms with van der Waals surface area (Å²) in [5.41, 5.74) is 2.64. The molecule has 0 spiro atoms. The maximum absolute atomic E-state index is 13.2. The fraction of sp³-hybridized carbons (Fsp3) is 0.435. The molecular formula is C23H30N2O4S. The van der Waals surface area contributed by atoms with Gasteiger partial charge in [0.15, 0.2) is 0 Å². The van der Waals surface area contributed by atoms with Gasteiger partial charge >= 0.3 is 0 Å². The van der Waals surface area contributed by atoms with E-state index in [9.17, 15) is 13.2 Å². The molecule has 1 aliphatic heterocycles. The largest absolute Gasteiger partial charge is 0.497 e. The van der Waals surface area contributed by atoms with E-state index in [1.165, 1.54) is 4.31 Å². The highest BCUT2D eigenvalue weighted by molar-refractivity contribution is 7.89. The molecule has 1 fully saturated rings. The zero-order valence-corrected chi connectivity index (χ0v) is 18.9. The zero-order valence-electron chi connectivity index (χ0n) is 18.1. The number of benzene rings is 2. The molecule has 6 nitrogen and oxygen atoms in total. The van der Waals surface area contributed by atoms with Crippen LogP contribution in [0.1, 0.15) is 29.5 Å². The molecule has 1 heterocycles. The lowest BCUT2D eigenvalue weighted by Gasteiger charge is -2.33. The fourth-order valence-corrected chi connectivity index (χ4v) is 5.71. The van der Waals surface area contributed by atoms with Crippen LogP contribution in [0.3, 0.4) is 0 Å². The van der Waals surface area contributed by atoms with E-state index in [0.29, 0.717) is 30.8 Å². The van der Waals surface area contributed by atoms with Crippen LogP contribution in [0.25, 0.3) is 0 Å². The van der Waals surface area contributed by atoms with Crippen LogP contribution in [0.5, 0.6) is 5.75 Å². The molecule has 1 atom stereocenters. The van der Waals surface area contributed by atoms with Gasteiger partial charge in [0.25, 0.3) is 0 Å². The monoisotopic (exact) mass is 430 g/mol. The zero-order chi connectivity index (χ0) is 21.9. The maximum atomic E-state index is 13.2. The summed E-state index contributed by atoms with van der Waals surface area (Å²) < 4.78 is 33.1. The summed E-state index contributed by atoms with van der Waals surface area (Å²) in [4.78, 5) is 15.1. The van der Waals surface area contributed by atoms with Crippen molar-refractivity contribution in [3.05, 3.63) is 59.2 Å². The highest BCUT2D eigenvalue weighted by Crippen LogP contribution is 2.27. The lowest BCUT2D eigenvalue weighted by Crippen LogP contribution is -2.45. The molecule has 0 radical (unpaired) electrons. The smallest absolute Gasteiger partial charge is 0.243 e. The van der Waals surface area contributed by atoms with Crippen LogP contribution >= 0.6 is 0 Å². The standard InChI is InChI=1S/C23H30N2O4S/c1-17-7-8-18(2)22(14-17)30(27,28)25-13-5-6-20(16-25)23(26)24(3)15-19-9-11-21(29-4)12-10-19/h7-12,14,20H,5-6,13,15-16H2,1-4H3/t20-/m1/s1. The predicted octanol–water partition coefficient (Wildman–Crippen LogP) is 3.37. The Labute approximate surface area is 179 Å². The van der Waals surface area contributed by atoms with E-state index < -0.39 is 10.0 Å². The molecule has 0 N–H and O–H groups in total. The van der Waals surface area contributed by atoms with Crippen molar-refractivity contribution in [3.8, 4) is 5.75 Å². The van der Waals surface area contributed by atoms with Crippen LogP contribution in [0.2, 0.25) is 0 Å². The molecule has 0 saturated carbocycles. The number of rotatable bonds is 6. The number of sulfonamides is 1. The highest BCUT2D eigenvalue weighted by atomic mass is 32.2. The van der Waals surface area contributed by atoms with E-state index >= 15 is 0 Å². The first-order valence-corrected chi connectivity index (χ1v) is 11.6. The summed E-state index contributed by atoms with van der Waals surface area (Å²) in [7, 11) is -0.240. The Morgan fingerprint density at radius 2 is 1.87 bits per heavy atom. The summed E-state index contributed by atoms with van der Waals surface area (Å²) >= 11 is 0. The third kappa shape index (κ3) is 4.84. The van der Waals surface area contributed by atoms with Crippen LogP contribution in [0, 0.1) is 19.8 Å². The minimum absolute atomic E-state index is 0.0216. The Bertz CT molecular complexity index is 1000. The third-order valence-corrected chi connectivity index (χ3v) is 7.66. The van der Waals surface area contributed by atoms with Gasteiger partial charge in [-0.2, -0.15) is 4.31 Å². The molecule has 1 amide bonds. The van der Waals surface area contributed by atoms with Gasteiger partial charge in [0.2, 0.25) is 15.9 Å². The van der Waals surface area contributed by atoms with Gasteiger partial charge in [-0.15, -0.1) is 0 Å². The van der Waals surface area contributed by atoms with Crippen LogP contribution in [0.15, 0.2) is 47.4 Å². The molecule has 1 aliphatic rings. The second-order valence-corrected chi connectivity index (χ2v) is 9.92. The molecule has 162 valence electrons. The van der Waals surface area contributed by atoms with E-state index in [4.69, 9.17) is 4.74 Å². The minimum Gasteiger partial charge on any atom is -0.497 e. The number of piperidine rings is 1. The van der Waals surface area contributed by atoms with Gasteiger partial charge in [0.05, 0.1) is 17.9 Å². The van der Waals surface area contributed by atoms with Crippen molar-refractivity contribution in [2.75, 3.05) is 27.2 Å². The van der Waals surface area contributed by atoms with Crippen LogP contribution in [0.4, 0.5) is 0 Å². The topological polar surface area (TPSA) is 66.9 Å². The number of ether oxygens (including phenoxy) is 1. The van der Waals surface area contributed by atoms with Crippen LogP contribution in [-0.2, 0) is 21.4 Å². The van der Waals surface area contributed by atoms with Crippen molar-refractivity contribution in [2.45, 2.75) is 38.1 Å². The number of carbonyl (C=O) groups excluding carboxylic acids is 1. The van der Waals surface area contributed by atoms with Gasteiger partial charge in [0.1, 0.15) is 5.75 Å². The number of methoxy groups -OCH3 is 1. The average molecular weight is 431 g/mol. The number of hydrogen-bond donors (Lipinski definition) is 0. The van der Waals surface area contributed by atoms with Gasteiger partial charge in [-0.25, -0.2) is 8.42 Å². The van der Waals surface area contributed by atoms with Gasteiger partial charge in [-0.05, 0) is 61.6 Å². The number of nitrogens with zero attached hydrogens (tertiary/aromatic N) is 2. The lowest BCUT2D eigenvalue weighted by molar-refractivity contribution is -0.135. The lowest BCUT2D eigenvalue weighted by atomic mass is 9.98. The molecule has 2 aromatic rings. The molecule has 0 unspecified atom stereocenters. The van der Waals surface area contributed by atoms with Crippen LogP contribution < -0.4 is 4.74 Å². The van der Waals surface area contributed by atoms with Crippen molar-refractivity contribution in [1.29, 1.82) is 0 Å². The Balaban J connectivity index is 1.71. The van der Waals surface area contributed by atoms with E-state index in [2.05, 4.69) is 0 Å². The molecule has 0 aliphatic carbocycles. The number of hydrogen-bond acceptors (Lipinski definition) is 4. The molecule has 0 bridgehead atoms. The van der Waals surface area contributed by atoms with E-state index in [1.807, 2.05) is 50.2 Å². The first-order chi connectivity index (χ1) is 14.2. The molecule has 1 saturated heterocycles. The molecule has 30 heavy (non-hydrogen) atoms. The van der Waals surface area contributed by atoms with Crippen LogP contribution in [-0.4, -0.2) is 50.8 Å². The Hall–Kier alpha value is -2.38. The van der Waals surface area contributed by atoms with Gasteiger partial charge in [0, 0.05) is 26.7 Å². The number of carbonyl (C=O) groups is 1. The second-order valence-electron chi connectivity index (χ2n) is 8.01. The molecule has 0 aromatic heterocycles. The number of amides is 1. The SMILES string of the molecule is COc1ccc(CN(C)C(=O)[C@@H]2CCCN(S(=O)(=O)c3cc(C)ccc3C)C2)cc1. The Kier molecular flexibility index (Phi) is 6.83. The highest BCUT2D eigenvalue weighted by Gasteiger charge is 2.35. The predicted molar refractivity (Wildman–Crippen MR) is 117 cm³/mol. The summed E-state index contributed by atoms with van der Waals surface area (Å²) in [6.07, 6.45) is 1.38. The van der Waals surface area contributed by atoms with Gasteiger partial charge in [-0.3, -0.25) is 4.79 Å². The second kappa shape index (κ2) is 9.18. The molecular weight excluding hydrogens is 400 g/mol. The summed E-state index contributed by atoms with van der Waals surface area (Å²) in [5, 5.41) is 0. The van der Waals surface area contributed by atoms with Crippen molar-refractivity contribution in [1.82, 2.24) is 9.21 Å². The quantitative estimate of drug-likeness (QED) is 0.705. The minimum atomic E-state index is -3.63. The van der Waals surface area contributed by atoms with Gasteiger partial charge < -0.3 is 9.64 Å². The summed E-state index contributed by atoms with van der Waals surface area (Å²) in [5.74, 6) is 0.417. The van der Waals surface area contributed by atoms with Crippen molar-refractivity contribution < 1.29 is 17.9 Å². The van der Waals surface area contributed by atoms with E-state index in [0.717, 1.165) is 22.4 Å². The van der Waals surface area contributed by atoms with Crippen molar-refractivity contribution >= 4 is 15.9 Å². The molecule has 7 heteroatoms. The van der Waals surface area contributed by atoms with Crippen molar-refractivity contribution in [3.63, 3.8) is 0 Å². The first-order valence-electron chi connectivity index (χ1n) is 10.2. The Morgan fingerprint density at radius 3 is 2.53 bits per heavy atom.